The van der Waals surface area contributed by atoms with Crippen molar-refractivity contribution in [2.24, 2.45) is 0 Å². The lowest BCUT2D eigenvalue weighted by atomic mass is 10.4. The van der Waals surface area contributed by atoms with Gasteiger partial charge in [-0.05, 0) is 25.0 Å². The lowest BCUT2D eigenvalue weighted by Gasteiger charge is -2.16. The predicted octanol–water partition coefficient (Wildman–Crippen LogP) is 1.34. The van der Waals surface area contributed by atoms with Crippen molar-refractivity contribution in [3.63, 3.8) is 0 Å². The summed E-state index contributed by atoms with van der Waals surface area (Å²) in [5.41, 5.74) is 1.41. The van der Waals surface area contributed by atoms with E-state index in [1.807, 2.05) is 0 Å². The highest BCUT2D eigenvalue weighted by molar-refractivity contribution is 6.29. The van der Waals surface area contributed by atoms with E-state index in [1.54, 1.807) is 24.4 Å². The summed E-state index contributed by atoms with van der Waals surface area (Å²) in [6.45, 7) is 2.28. The van der Waals surface area contributed by atoms with Crippen molar-refractivity contribution in [3.8, 4) is 0 Å². The first-order valence-electron chi connectivity index (χ1n) is 6.52. The van der Waals surface area contributed by atoms with E-state index in [9.17, 15) is 4.79 Å². The van der Waals surface area contributed by atoms with Crippen molar-refractivity contribution in [1.29, 1.82) is 0 Å². The second-order valence-electron chi connectivity index (χ2n) is 4.75. The summed E-state index contributed by atoms with van der Waals surface area (Å²) in [5.74, 6) is 0. The Labute approximate surface area is 121 Å². The highest BCUT2D eigenvalue weighted by Crippen LogP contribution is 2.16. The first-order valence-corrected chi connectivity index (χ1v) is 6.90. The van der Waals surface area contributed by atoms with Gasteiger partial charge in [-0.15, -0.1) is 5.10 Å². The summed E-state index contributed by atoms with van der Waals surface area (Å²) in [6, 6.07) is 5.01. The van der Waals surface area contributed by atoms with Crippen LogP contribution in [0, 0.1) is 0 Å². The standard InChI is InChI=1S/C13H14ClN5O/c14-12-4-3-10(16-17-12)9-19-13(20)7-11(8-15-19)18-5-1-2-6-18/h3-4,7-8H,1-2,5-6,9H2. The molecule has 1 aliphatic heterocycles. The third-order valence-corrected chi connectivity index (χ3v) is 3.53. The Hall–Kier alpha value is -1.95. The van der Waals surface area contributed by atoms with Gasteiger partial charge in [0.05, 0.1) is 24.1 Å². The third kappa shape index (κ3) is 2.80. The van der Waals surface area contributed by atoms with E-state index in [1.165, 1.54) is 17.5 Å². The molecule has 0 spiro atoms. The molecule has 0 N–H and O–H groups in total. The first kappa shape index (κ1) is 13.1. The smallest absolute Gasteiger partial charge is 0.269 e. The molecule has 6 nitrogen and oxygen atoms in total. The molecular weight excluding hydrogens is 278 g/mol. The zero-order chi connectivity index (χ0) is 13.9. The second-order valence-corrected chi connectivity index (χ2v) is 5.14. The number of hydrogen-bond acceptors (Lipinski definition) is 5. The molecule has 0 radical (unpaired) electrons. The van der Waals surface area contributed by atoms with Crippen LogP contribution in [0.25, 0.3) is 0 Å². The van der Waals surface area contributed by atoms with Crippen LogP contribution in [0.1, 0.15) is 18.5 Å². The van der Waals surface area contributed by atoms with E-state index in [2.05, 4.69) is 20.2 Å². The zero-order valence-corrected chi connectivity index (χ0v) is 11.6. The Balaban J connectivity index is 1.80. The fraction of sp³-hybridized carbons (Fsp3) is 0.385. The average molecular weight is 292 g/mol. The van der Waals surface area contributed by atoms with Crippen LogP contribution in [0.3, 0.4) is 0 Å². The van der Waals surface area contributed by atoms with Crippen LogP contribution in [-0.4, -0.2) is 33.1 Å². The minimum Gasteiger partial charge on any atom is -0.370 e. The molecule has 104 valence electrons. The Morgan fingerprint density at radius 3 is 2.65 bits per heavy atom. The molecule has 1 aliphatic rings. The van der Waals surface area contributed by atoms with Gasteiger partial charge in [0.1, 0.15) is 0 Å². The number of nitrogens with zero attached hydrogens (tertiary/aromatic N) is 5. The van der Waals surface area contributed by atoms with Gasteiger partial charge in [0.15, 0.2) is 5.15 Å². The summed E-state index contributed by atoms with van der Waals surface area (Å²) in [4.78, 5) is 14.2. The Kier molecular flexibility index (Phi) is 3.64. The van der Waals surface area contributed by atoms with Crippen LogP contribution in [0.5, 0.6) is 0 Å². The van der Waals surface area contributed by atoms with Gasteiger partial charge >= 0.3 is 0 Å². The van der Waals surface area contributed by atoms with Crippen LogP contribution in [-0.2, 0) is 6.54 Å². The molecule has 2 aromatic heterocycles. The van der Waals surface area contributed by atoms with E-state index >= 15 is 0 Å². The average Bonchev–Trinajstić information content (AvgIpc) is 2.97. The normalized spacial score (nSPS) is 14.8. The molecule has 0 bridgehead atoms. The van der Waals surface area contributed by atoms with Crippen molar-refractivity contribution in [1.82, 2.24) is 20.0 Å². The topological polar surface area (TPSA) is 63.9 Å². The molecule has 1 saturated heterocycles. The van der Waals surface area contributed by atoms with E-state index < -0.39 is 0 Å². The molecule has 1 fully saturated rings. The SMILES string of the molecule is O=c1cc(N2CCCC2)cnn1Cc1ccc(Cl)nn1. The number of anilines is 1. The Morgan fingerprint density at radius 2 is 2.00 bits per heavy atom. The van der Waals surface area contributed by atoms with Crippen molar-refractivity contribution in [2.75, 3.05) is 18.0 Å². The third-order valence-electron chi connectivity index (χ3n) is 3.33. The largest absolute Gasteiger partial charge is 0.370 e. The maximum absolute atomic E-state index is 12.1. The number of aromatic nitrogens is 4. The Morgan fingerprint density at radius 1 is 1.20 bits per heavy atom. The van der Waals surface area contributed by atoms with Crippen LogP contribution >= 0.6 is 11.6 Å². The molecule has 3 rings (SSSR count). The van der Waals surface area contributed by atoms with E-state index in [4.69, 9.17) is 11.6 Å². The molecule has 20 heavy (non-hydrogen) atoms. The fourth-order valence-corrected chi connectivity index (χ4v) is 2.37. The molecule has 0 saturated carbocycles. The highest BCUT2D eigenvalue weighted by atomic mass is 35.5. The summed E-state index contributed by atoms with van der Waals surface area (Å²) in [6.07, 6.45) is 4.07. The molecule has 0 atom stereocenters. The second kappa shape index (κ2) is 5.58. The van der Waals surface area contributed by atoms with Crippen LogP contribution in [0.4, 0.5) is 5.69 Å². The highest BCUT2D eigenvalue weighted by Gasteiger charge is 2.13. The lowest BCUT2D eigenvalue weighted by molar-refractivity contribution is 0.620. The van der Waals surface area contributed by atoms with Gasteiger partial charge in [-0.1, -0.05) is 11.6 Å². The minimum atomic E-state index is -0.133. The maximum Gasteiger partial charge on any atom is 0.269 e. The first-order chi connectivity index (χ1) is 9.72. The van der Waals surface area contributed by atoms with E-state index in [0.29, 0.717) is 17.4 Å². The van der Waals surface area contributed by atoms with Crippen LogP contribution in [0.15, 0.2) is 29.2 Å². The summed E-state index contributed by atoms with van der Waals surface area (Å²) in [7, 11) is 0. The zero-order valence-electron chi connectivity index (χ0n) is 10.9. The monoisotopic (exact) mass is 291 g/mol. The number of hydrogen-bond donors (Lipinski definition) is 0. The van der Waals surface area contributed by atoms with Gasteiger partial charge < -0.3 is 4.90 Å². The van der Waals surface area contributed by atoms with Crippen molar-refractivity contribution in [2.45, 2.75) is 19.4 Å². The molecule has 0 unspecified atom stereocenters. The van der Waals surface area contributed by atoms with Gasteiger partial charge in [0.25, 0.3) is 5.56 Å². The Bertz CT molecular complexity index is 649. The number of rotatable bonds is 3. The van der Waals surface area contributed by atoms with Crippen molar-refractivity contribution >= 4 is 17.3 Å². The van der Waals surface area contributed by atoms with Gasteiger partial charge in [0, 0.05) is 19.2 Å². The minimum absolute atomic E-state index is 0.133. The van der Waals surface area contributed by atoms with Gasteiger partial charge in [-0.3, -0.25) is 4.79 Å². The maximum atomic E-state index is 12.1. The number of halogens is 1. The molecular formula is C13H14ClN5O. The molecule has 0 aliphatic carbocycles. The molecule has 0 aromatic carbocycles. The van der Waals surface area contributed by atoms with E-state index in [-0.39, 0.29) is 5.56 Å². The fourth-order valence-electron chi connectivity index (χ4n) is 2.27. The van der Waals surface area contributed by atoms with Gasteiger partial charge in [0.2, 0.25) is 0 Å². The summed E-state index contributed by atoms with van der Waals surface area (Å²) in [5, 5.41) is 12.2. The molecule has 0 amide bonds. The quantitative estimate of drug-likeness (QED) is 0.854. The molecule has 7 heteroatoms. The van der Waals surface area contributed by atoms with E-state index in [0.717, 1.165) is 18.8 Å². The summed E-state index contributed by atoms with van der Waals surface area (Å²) >= 11 is 5.68. The molecule has 3 heterocycles. The van der Waals surface area contributed by atoms with Crippen molar-refractivity contribution < 1.29 is 0 Å². The predicted molar refractivity (Wildman–Crippen MR) is 76.1 cm³/mol. The molecule has 2 aromatic rings. The van der Waals surface area contributed by atoms with Crippen LogP contribution < -0.4 is 10.5 Å². The summed E-state index contributed by atoms with van der Waals surface area (Å²) < 4.78 is 1.37. The lowest BCUT2D eigenvalue weighted by Crippen LogP contribution is -2.26. The van der Waals surface area contributed by atoms with Gasteiger partial charge in [-0.25, -0.2) is 4.68 Å². The van der Waals surface area contributed by atoms with Crippen molar-refractivity contribution in [3.05, 3.63) is 45.6 Å². The van der Waals surface area contributed by atoms with Gasteiger partial charge in [-0.2, -0.15) is 10.2 Å². The van der Waals surface area contributed by atoms with Crippen LogP contribution in [0.2, 0.25) is 5.15 Å².